The van der Waals surface area contributed by atoms with E-state index >= 15 is 0 Å². The normalized spacial score (nSPS) is 32.2. The molecule has 0 saturated heterocycles. The minimum absolute atomic E-state index is 0. The Bertz CT molecular complexity index is 90.9. The van der Waals surface area contributed by atoms with E-state index in [0.29, 0.717) is 0 Å². The van der Waals surface area contributed by atoms with Gasteiger partial charge in [-0.05, 0) is 25.2 Å². The minimum atomic E-state index is 0. The molecule has 0 aromatic carbocycles. The topological polar surface area (TPSA) is 20.2 Å². The second-order valence-electron chi connectivity index (χ2n) is 3.44. The smallest absolute Gasteiger partial charge is 0.0540 e. The zero-order valence-corrected chi connectivity index (χ0v) is 6.84. The molecule has 0 amide bonds. The molecule has 1 saturated carbocycles. The SMILES string of the molecule is C.CCC1CCCC(O)CC1. The van der Waals surface area contributed by atoms with Crippen LogP contribution in [0, 0.1) is 5.92 Å². The van der Waals surface area contributed by atoms with Gasteiger partial charge in [-0.15, -0.1) is 0 Å². The van der Waals surface area contributed by atoms with Crippen LogP contribution in [0.15, 0.2) is 0 Å². The van der Waals surface area contributed by atoms with Crippen molar-refractivity contribution in [1.82, 2.24) is 0 Å². The van der Waals surface area contributed by atoms with Gasteiger partial charge in [-0.25, -0.2) is 0 Å². The zero-order valence-electron chi connectivity index (χ0n) is 6.84. The molecule has 2 unspecified atom stereocenters. The number of hydrogen-bond donors (Lipinski definition) is 1. The maximum atomic E-state index is 9.30. The highest BCUT2D eigenvalue weighted by molar-refractivity contribution is 4.67. The highest BCUT2D eigenvalue weighted by atomic mass is 16.3. The Morgan fingerprint density at radius 3 is 2.55 bits per heavy atom. The summed E-state index contributed by atoms with van der Waals surface area (Å²) in [5, 5.41) is 9.30. The summed E-state index contributed by atoms with van der Waals surface area (Å²) in [6.45, 7) is 2.25. The van der Waals surface area contributed by atoms with Crippen molar-refractivity contribution in [1.29, 1.82) is 0 Å². The van der Waals surface area contributed by atoms with Crippen molar-refractivity contribution in [2.75, 3.05) is 0 Å². The minimum Gasteiger partial charge on any atom is -0.393 e. The van der Waals surface area contributed by atoms with Crippen molar-refractivity contribution < 1.29 is 5.11 Å². The molecule has 2 atom stereocenters. The molecule has 0 aliphatic heterocycles. The lowest BCUT2D eigenvalue weighted by Crippen LogP contribution is -2.03. The zero-order chi connectivity index (χ0) is 7.40. The first-order chi connectivity index (χ1) is 4.83. The first kappa shape index (κ1) is 11.0. The number of aliphatic hydroxyl groups is 1. The maximum Gasteiger partial charge on any atom is 0.0540 e. The standard InChI is InChI=1S/C9H18O.CH4/c1-2-8-4-3-5-9(10)7-6-8;/h8-10H,2-7H2,1H3;1H4. The molecular formula is C10H22O. The van der Waals surface area contributed by atoms with E-state index in [0.717, 1.165) is 18.8 Å². The van der Waals surface area contributed by atoms with Crippen LogP contribution >= 0.6 is 0 Å². The van der Waals surface area contributed by atoms with Crippen LogP contribution in [-0.4, -0.2) is 11.2 Å². The third kappa shape index (κ3) is 3.76. The lowest BCUT2D eigenvalue weighted by Gasteiger charge is -2.09. The van der Waals surface area contributed by atoms with Crippen molar-refractivity contribution in [3.05, 3.63) is 0 Å². The Labute approximate surface area is 70.8 Å². The third-order valence-corrected chi connectivity index (χ3v) is 2.64. The van der Waals surface area contributed by atoms with E-state index in [1.807, 2.05) is 0 Å². The fraction of sp³-hybridized carbons (Fsp3) is 1.00. The first-order valence-corrected chi connectivity index (χ1v) is 4.51. The van der Waals surface area contributed by atoms with Gasteiger partial charge in [-0.1, -0.05) is 33.6 Å². The summed E-state index contributed by atoms with van der Waals surface area (Å²) >= 11 is 0. The maximum absolute atomic E-state index is 9.30. The van der Waals surface area contributed by atoms with Crippen LogP contribution in [0.1, 0.15) is 52.9 Å². The second-order valence-corrected chi connectivity index (χ2v) is 3.44. The van der Waals surface area contributed by atoms with Gasteiger partial charge in [0.15, 0.2) is 0 Å². The molecule has 1 aliphatic carbocycles. The van der Waals surface area contributed by atoms with Crippen LogP contribution < -0.4 is 0 Å². The largest absolute Gasteiger partial charge is 0.393 e. The fourth-order valence-corrected chi connectivity index (χ4v) is 1.77. The van der Waals surface area contributed by atoms with Gasteiger partial charge in [0.05, 0.1) is 6.10 Å². The summed E-state index contributed by atoms with van der Waals surface area (Å²) in [6, 6.07) is 0. The van der Waals surface area contributed by atoms with Crippen molar-refractivity contribution in [3.63, 3.8) is 0 Å². The van der Waals surface area contributed by atoms with Gasteiger partial charge in [0.2, 0.25) is 0 Å². The Hall–Kier alpha value is -0.0400. The van der Waals surface area contributed by atoms with Crippen LogP contribution in [0.2, 0.25) is 0 Å². The van der Waals surface area contributed by atoms with E-state index in [9.17, 15) is 5.11 Å². The molecule has 1 nitrogen and oxygen atoms in total. The molecular weight excluding hydrogens is 136 g/mol. The van der Waals surface area contributed by atoms with E-state index in [1.54, 1.807) is 0 Å². The van der Waals surface area contributed by atoms with Gasteiger partial charge in [-0.3, -0.25) is 0 Å². The van der Waals surface area contributed by atoms with E-state index < -0.39 is 0 Å². The predicted octanol–water partition coefficient (Wildman–Crippen LogP) is 2.97. The van der Waals surface area contributed by atoms with Gasteiger partial charge in [0.25, 0.3) is 0 Å². The van der Waals surface area contributed by atoms with Crippen molar-refractivity contribution in [2.24, 2.45) is 5.92 Å². The van der Waals surface area contributed by atoms with Crippen molar-refractivity contribution >= 4 is 0 Å². The fourth-order valence-electron chi connectivity index (χ4n) is 1.77. The Morgan fingerprint density at radius 2 is 1.91 bits per heavy atom. The highest BCUT2D eigenvalue weighted by Gasteiger charge is 2.14. The summed E-state index contributed by atoms with van der Waals surface area (Å²) in [6.07, 6.45) is 7.21. The highest BCUT2D eigenvalue weighted by Crippen LogP contribution is 2.24. The summed E-state index contributed by atoms with van der Waals surface area (Å²) in [5.41, 5.74) is 0. The molecule has 0 spiro atoms. The van der Waals surface area contributed by atoms with Gasteiger partial charge in [0, 0.05) is 0 Å². The molecule has 0 aromatic heterocycles. The van der Waals surface area contributed by atoms with E-state index in [-0.39, 0.29) is 13.5 Å². The number of aliphatic hydroxyl groups excluding tert-OH is 1. The average Bonchev–Trinajstić information content (AvgIpc) is 2.14. The van der Waals surface area contributed by atoms with Gasteiger partial charge in [-0.2, -0.15) is 0 Å². The molecule has 1 aliphatic rings. The molecule has 0 radical (unpaired) electrons. The van der Waals surface area contributed by atoms with Crippen LogP contribution in [0.25, 0.3) is 0 Å². The van der Waals surface area contributed by atoms with Crippen LogP contribution in [0.4, 0.5) is 0 Å². The first-order valence-electron chi connectivity index (χ1n) is 4.51. The third-order valence-electron chi connectivity index (χ3n) is 2.64. The van der Waals surface area contributed by atoms with Crippen LogP contribution in [-0.2, 0) is 0 Å². The molecule has 1 heteroatoms. The summed E-state index contributed by atoms with van der Waals surface area (Å²) < 4.78 is 0. The average molecular weight is 158 g/mol. The Kier molecular flexibility index (Phi) is 5.57. The Morgan fingerprint density at radius 1 is 1.18 bits per heavy atom. The molecule has 11 heavy (non-hydrogen) atoms. The lowest BCUT2D eigenvalue weighted by molar-refractivity contribution is 0.156. The van der Waals surface area contributed by atoms with Crippen LogP contribution in [0.5, 0.6) is 0 Å². The quantitative estimate of drug-likeness (QED) is 0.582. The van der Waals surface area contributed by atoms with Gasteiger partial charge >= 0.3 is 0 Å². The molecule has 0 heterocycles. The lowest BCUT2D eigenvalue weighted by atomic mass is 9.98. The monoisotopic (exact) mass is 158 g/mol. The molecule has 0 aromatic rings. The molecule has 1 N–H and O–H groups in total. The summed E-state index contributed by atoms with van der Waals surface area (Å²) in [7, 11) is 0. The van der Waals surface area contributed by atoms with Crippen molar-refractivity contribution in [2.45, 2.75) is 59.0 Å². The molecule has 68 valence electrons. The van der Waals surface area contributed by atoms with Gasteiger partial charge < -0.3 is 5.11 Å². The second kappa shape index (κ2) is 5.59. The van der Waals surface area contributed by atoms with E-state index in [4.69, 9.17) is 0 Å². The molecule has 1 rings (SSSR count). The van der Waals surface area contributed by atoms with Crippen LogP contribution in [0.3, 0.4) is 0 Å². The van der Waals surface area contributed by atoms with Gasteiger partial charge in [0.1, 0.15) is 0 Å². The summed E-state index contributed by atoms with van der Waals surface area (Å²) in [5.74, 6) is 0.900. The predicted molar refractivity (Wildman–Crippen MR) is 49.6 cm³/mol. The van der Waals surface area contributed by atoms with Crippen molar-refractivity contribution in [3.8, 4) is 0 Å². The molecule has 1 fully saturated rings. The Balaban J connectivity index is 0.000001000. The number of hydrogen-bond acceptors (Lipinski definition) is 1. The van der Waals surface area contributed by atoms with E-state index in [2.05, 4.69) is 6.92 Å². The van der Waals surface area contributed by atoms with E-state index in [1.165, 1.54) is 25.7 Å². The molecule has 0 bridgehead atoms. The number of rotatable bonds is 1. The summed E-state index contributed by atoms with van der Waals surface area (Å²) in [4.78, 5) is 0.